The highest BCUT2D eigenvalue weighted by atomic mass is 79.9. The van der Waals surface area contributed by atoms with Crippen molar-refractivity contribution in [1.82, 2.24) is 0 Å². The van der Waals surface area contributed by atoms with Gasteiger partial charge in [-0.15, -0.1) is 0 Å². The lowest BCUT2D eigenvalue weighted by Crippen LogP contribution is -2.33. The smallest absolute Gasteiger partial charge is 0.0500 e. The highest BCUT2D eigenvalue weighted by Crippen LogP contribution is 2.22. The highest BCUT2D eigenvalue weighted by molar-refractivity contribution is 9.10. The van der Waals surface area contributed by atoms with Crippen LogP contribution < -0.4 is 5.73 Å². The molecule has 1 atom stereocenters. The van der Waals surface area contributed by atoms with Crippen LogP contribution >= 0.6 is 15.9 Å². The number of aliphatic hydroxyl groups is 1. The second-order valence-electron chi connectivity index (χ2n) is 3.98. The Hall–Kier alpha value is -0.380. The van der Waals surface area contributed by atoms with Gasteiger partial charge in [-0.2, -0.15) is 0 Å². The molecule has 0 spiro atoms. The molecule has 0 saturated carbocycles. The van der Waals surface area contributed by atoms with Crippen LogP contribution in [0.5, 0.6) is 0 Å². The summed E-state index contributed by atoms with van der Waals surface area (Å²) in [5.74, 6) is 0. The van der Waals surface area contributed by atoms with Crippen LogP contribution in [0.3, 0.4) is 0 Å². The first-order chi connectivity index (χ1) is 6.59. The lowest BCUT2D eigenvalue weighted by atomic mass is 9.85. The van der Waals surface area contributed by atoms with Crippen LogP contribution in [0.25, 0.3) is 0 Å². The summed E-state index contributed by atoms with van der Waals surface area (Å²) in [5.41, 5.74) is 6.62. The van der Waals surface area contributed by atoms with Gasteiger partial charge in [0.25, 0.3) is 0 Å². The van der Waals surface area contributed by atoms with Crippen molar-refractivity contribution >= 4 is 15.9 Å². The molecule has 0 bridgehead atoms. The Morgan fingerprint density at radius 3 is 2.71 bits per heavy atom. The lowest BCUT2D eigenvalue weighted by molar-refractivity contribution is 0.149. The lowest BCUT2D eigenvalue weighted by Gasteiger charge is -2.25. The third-order valence-corrected chi connectivity index (χ3v) is 2.89. The molecular weight excluding hydrogens is 242 g/mol. The van der Waals surface area contributed by atoms with Crippen LogP contribution in [-0.2, 0) is 6.42 Å². The van der Waals surface area contributed by atoms with Crippen LogP contribution in [0.4, 0.5) is 0 Å². The molecule has 0 aromatic heterocycles. The van der Waals surface area contributed by atoms with Crippen molar-refractivity contribution in [3.05, 3.63) is 34.3 Å². The average Bonchev–Trinajstić information content (AvgIpc) is 2.18. The molecule has 0 aliphatic rings. The number of hydrogen-bond donors (Lipinski definition) is 2. The maximum absolute atomic E-state index is 9.22. The van der Waals surface area contributed by atoms with Crippen molar-refractivity contribution in [2.45, 2.75) is 13.3 Å². The largest absolute Gasteiger partial charge is 0.396 e. The van der Waals surface area contributed by atoms with Gasteiger partial charge in [-0.1, -0.05) is 35.0 Å². The van der Waals surface area contributed by atoms with E-state index in [1.807, 2.05) is 25.1 Å². The molecular formula is C11H16BrNO. The van der Waals surface area contributed by atoms with E-state index in [1.165, 1.54) is 5.56 Å². The minimum atomic E-state index is -0.208. The number of nitrogens with two attached hydrogens (primary N) is 1. The highest BCUT2D eigenvalue weighted by Gasteiger charge is 2.21. The number of halogens is 1. The van der Waals surface area contributed by atoms with Crippen molar-refractivity contribution in [2.75, 3.05) is 13.2 Å². The summed E-state index contributed by atoms with van der Waals surface area (Å²) in [6.45, 7) is 2.61. The monoisotopic (exact) mass is 257 g/mol. The first-order valence-electron chi connectivity index (χ1n) is 4.65. The van der Waals surface area contributed by atoms with E-state index in [2.05, 4.69) is 22.0 Å². The maximum atomic E-state index is 9.22. The zero-order valence-corrected chi connectivity index (χ0v) is 9.92. The SMILES string of the molecule is CC(CN)(CO)Cc1cccc(Br)c1. The molecule has 14 heavy (non-hydrogen) atoms. The predicted molar refractivity (Wildman–Crippen MR) is 62.1 cm³/mol. The van der Waals surface area contributed by atoms with Crippen molar-refractivity contribution in [1.29, 1.82) is 0 Å². The summed E-state index contributed by atoms with van der Waals surface area (Å²) >= 11 is 3.42. The molecule has 3 N–H and O–H groups in total. The Morgan fingerprint density at radius 2 is 2.21 bits per heavy atom. The summed E-state index contributed by atoms with van der Waals surface area (Å²) in [7, 11) is 0. The molecule has 0 amide bonds. The summed E-state index contributed by atoms with van der Waals surface area (Å²) in [6, 6.07) is 8.09. The normalized spacial score (nSPS) is 15.1. The fraction of sp³-hybridized carbons (Fsp3) is 0.455. The third kappa shape index (κ3) is 3.08. The fourth-order valence-electron chi connectivity index (χ4n) is 1.33. The van der Waals surface area contributed by atoms with Gasteiger partial charge >= 0.3 is 0 Å². The van der Waals surface area contributed by atoms with Crippen molar-refractivity contribution in [3.63, 3.8) is 0 Å². The number of benzene rings is 1. The van der Waals surface area contributed by atoms with E-state index in [0.29, 0.717) is 6.54 Å². The van der Waals surface area contributed by atoms with Gasteiger partial charge in [0.05, 0.1) is 0 Å². The molecule has 1 rings (SSSR count). The van der Waals surface area contributed by atoms with E-state index in [-0.39, 0.29) is 12.0 Å². The van der Waals surface area contributed by atoms with Gasteiger partial charge in [0.15, 0.2) is 0 Å². The molecule has 1 unspecified atom stereocenters. The van der Waals surface area contributed by atoms with Gasteiger partial charge in [-0.05, 0) is 24.1 Å². The van der Waals surface area contributed by atoms with Gasteiger partial charge < -0.3 is 10.8 Å². The second kappa shape index (κ2) is 4.91. The third-order valence-electron chi connectivity index (χ3n) is 2.39. The Morgan fingerprint density at radius 1 is 1.50 bits per heavy atom. The minimum absolute atomic E-state index is 0.121. The molecule has 2 nitrogen and oxygen atoms in total. The van der Waals surface area contributed by atoms with Gasteiger partial charge in [-0.25, -0.2) is 0 Å². The van der Waals surface area contributed by atoms with Crippen LogP contribution in [0, 0.1) is 5.41 Å². The first kappa shape index (κ1) is 11.7. The summed E-state index contributed by atoms with van der Waals surface area (Å²) in [4.78, 5) is 0. The Labute approximate surface area is 93.3 Å². The van der Waals surface area contributed by atoms with E-state index in [9.17, 15) is 5.11 Å². The van der Waals surface area contributed by atoms with E-state index >= 15 is 0 Å². The van der Waals surface area contributed by atoms with Crippen LogP contribution in [-0.4, -0.2) is 18.3 Å². The number of hydrogen-bond acceptors (Lipinski definition) is 2. The van der Waals surface area contributed by atoms with Gasteiger partial charge in [0, 0.05) is 23.0 Å². The van der Waals surface area contributed by atoms with Gasteiger partial charge in [-0.3, -0.25) is 0 Å². The van der Waals surface area contributed by atoms with Crippen LogP contribution in [0.1, 0.15) is 12.5 Å². The number of rotatable bonds is 4. The van der Waals surface area contributed by atoms with E-state index in [4.69, 9.17) is 5.73 Å². The second-order valence-corrected chi connectivity index (χ2v) is 4.90. The molecule has 3 heteroatoms. The molecule has 0 fully saturated rings. The Balaban J connectivity index is 2.77. The van der Waals surface area contributed by atoms with Gasteiger partial charge in [0.2, 0.25) is 0 Å². The van der Waals surface area contributed by atoms with Gasteiger partial charge in [0.1, 0.15) is 0 Å². The average molecular weight is 258 g/mol. The minimum Gasteiger partial charge on any atom is -0.396 e. The first-order valence-corrected chi connectivity index (χ1v) is 5.44. The van der Waals surface area contributed by atoms with Crippen molar-refractivity contribution < 1.29 is 5.11 Å². The van der Waals surface area contributed by atoms with Crippen molar-refractivity contribution in [2.24, 2.45) is 11.1 Å². The topological polar surface area (TPSA) is 46.2 Å². The molecule has 0 radical (unpaired) electrons. The zero-order chi connectivity index (χ0) is 10.6. The van der Waals surface area contributed by atoms with Crippen LogP contribution in [0.15, 0.2) is 28.7 Å². The summed E-state index contributed by atoms with van der Waals surface area (Å²) < 4.78 is 1.06. The molecule has 1 aromatic carbocycles. The fourth-order valence-corrected chi connectivity index (χ4v) is 1.78. The standard InChI is InChI=1S/C11H16BrNO/c1-11(7-13,8-14)6-9-3-2-4-10(12)5-9/h2-5,14H,6-8,13H2,1H3. The maximum Gasteiger partial charge on any atom is 0.0500 e. The predicted octanol–water partition coefficient (Wildman–Crippen LogP) is 1.95. The molecule has 0 aliphatic carbocycles. The molecule has 0 aliphatic heterocycles. The number of aliphatic hydroxyl groups excluding tert-OH is 1. The van der Waals surface area contributed by atoms with Crippen LogP contribution in [0.2, 0.25) is 0 Å². The summed E-state index contributed by atoms with van der Waals surface area (Å²) in [6.07, 6.45) is 0.805. The molecule has 0 saturated heterocycles. The zero-order valence-electron chi connectivity index (χ0n) is 8.33. The summed E-state index contributed by atoms with van der Waals surface area (Å²) in [5, 5.41) is 9.22. The molecule has 1 aromatic rings. The molecule has 78 valence electrons. The Bertz CT molecular complexity index is 297. The quantitative estimate of drug-likeness (QED) is 0.867. The Kier molecular flexibility index (Phi) is 4.11. The van der Waals surface area contributed by atoms with E-state index in [0.717, 1.165) is 10.9 Å². The van der Waals surface area contributed by atoms with E-state index in [1.54, 1.807) is 0 Å². The molecule has 0 heterocycles. The van der Waals surface area contributed by atoms with Crippen molar-refractivity contribution in [3.8, 4) is 0 Å². The van der Waals surface area contributed by atoms with E-state index < -0.39 is 0 Å².